The van der Waals surface area contributed by atoms with Gasteiger partial charge in [-0.3, -0.25) is 4.79 Å². The summed E-state index contributed by atoms with van der Waals surface area (Å²) in [6.45, 7) is 1.71. The number of benzene rings is 1. The van der Waals surface area contributed by atoms with Gasteiger partial charge in [-0.2, -0.15) is 0 Å². The minimum absolute atomic E-state index is 0.0515. The van der Waals surface area contributed by atoms with E-state index in [1.165, 1.54) is 0 Å². The van der Waals surface area contributed by atoms with E-state index >= 15 is 0 Å². The molecule has 4 heteroatoms. The molecule has 1 aromatic rings. The first-order valence-electron chi connectivity index (χ1n) is 4.19. The number of carbonyl (C=O) groups is 1. The number of ketones is 1. The van der Waals surface area contributed by atoms with Gasteiger partial charge in [0.05, 0.1) is 6.61 Å². The lowest BCUT2D eigenvalue weighted by atomic mass is 10.2. The summed E-state index contributed by atoms with van der Waals surface area (Å²) < 4.78 is 0.813. The van der Waals surface area contributed by atoms with Crippen LogP contribution in [-0.4, -0.2) is 23.2 Å². The van der Waals surface area contributed by atoms with E-state index in [9.17, 15) is 4.79 Å². The van der Waals surface area contributed by atoms with E-state index in [4.69, 9.17) is 5.11 Å². The van der Waals surface area contributed by atoms with Gasteiger partial charge in [-0.05, 0) is 25.1 Å². The number of Topliss-reactive ketones (excluding diaryl/α,β-unsaturated/α-hetero) is 1. The van der Waals surface area contributed by atoms with Crippen molar-refractivity contribution in [1.29, 1.82) is 0 Å². The third-order valence-electron chi connectivity index (χ3n) is 1.68. The van der Waals surface area contributed by atoms with Crippen molar-refractivity contribution in [2.45, 2.75) is 11.8 Å². The van der Waals surface area contributed by atoms with E-state index in [2.05, 4.69) is 15.9 Å². The van der Waals surface area contributed by atoms with Gasteiger partial charge in [-0.15, -0.1) is 11.8 Å². The highest BCUT2D eigenvalue weighted by molar-refractivity contribution is 9.10. The topological polar surface area (TPSA) is 37.3 Å². The van der Waals surface area contributed by atoms with E-state index in [1.54, 1.807) is 24.8 Å². The average molecular weight is 275 g/mol. The van der Waals surface area contributed by atoms with E-state index in [-0.39, 0.29) is 12.4 Å². The van der Waals surface area contributed by atoms with Crippen LogP contribution in [0, 0.1) is 0 Å². The van der Waals surface area contributed by atoms with Crippen LogP contribution in [0.5, 0.6) is 0 Å². The maximum atomic E-state index is 11.1. The molecule has 0 heterocycles. The lowest BCUT2D eigenvalue weighted by Crippen LogP contribution is -1.93. The quantitative estimate of drug-likeness (QED) is 0.678. The van der Waals surface area contributed by atoms with Crippen molar-refractivity contribution in [3.8, 4) is 0 Å². The molecule has 0 bridgehead atoms. The maximum Gasteiger partial charge on any atom is 0.160 e. The van der Waals surface area contributed by atoms with Crippen LogP contribution in [0.2, 0.25) is 0 Å². The Bertz CT molecular complexity index is 339. The van der Waals surface area contributed by atoms with Crippen molar-refractivity contribution in [3.63, 3.8) is 0 Å². The molecule has 14 heavy (non-hydrogen) atoms. The first-order valence-corrected chi connectivity index (χ1v) is 5.97. The molecule has 76 valence electrons. The summed E-state index contributed by atoms with van der Waals surface area (Å²) in [7, 11) is 0. The monoisotopic (exact) mass is 274 g/mol. The van der Waals surface area contributed by atoms with Crippen molar-refractivity contribution in [2.75, 3.05) is 12.4 Å². The predicted molar refractivity (Wildman–Crippen MR) is 62.0 cm³/mol. The van der Waals surface area contributed by atoms with Crippen LogP contribution < -0.4 is 0 Å². The van der Waals surface area contributed by atoms with Crippen molar-refractivity contribution < 1.29 is 9.90 Å². The van der Waals surface area contributed by atoms with E-state index in [1.807, 2.05) is 12.1 Å². The van der Waals surface area contributed by atoms with Crippen LogP contribution in [0.3, 0.4) is 0 Å². The van der Waals surface area contributed by atoms with Gasteiger partial charge in [0.15, 0.2) is 5.78 Å². The highest BCUT2D eigenvalue weighted by atomic mass is 79.9. The normalized spacial score (nSPS) is 10.2. The fourth-order valence-corrected chi connectivity index (χ4v) is 2.54. The van der Waals surface area contributed by atoms with E-state index < -0.39 is 0 Å². The molecule has 0 spiro atoms. The third kappa shape index (κ3) is 3.12. The molecule has 0 atom stereocenters. The first kappa shape index (κ1) is 11.8. The number of aliphatic hydroxyl groups is 1. The summed E-state index contributed by atoms with van der Waals surface area (Å²) in [5.41, 5.74) is 0.693. The molecule has 0 fully saturated rings. The molecule has 0 amide bonds. The molecule has 1 rings (SSSR count). The summed E-state index contributed by atoms with van der Waals surface area (Å²) in [6.07, 6.45) is 0. The Morgan fingerprint density at radius 2 is 2.29 bits per heavy atom. The molecule has 1 aromatic carbocycles. The molecule has 0 aliphatic heterocycles. The second kappa shape index (κ2) is 5.53. The number of aliphatic hydroxyl groups excluding tert-OH is 1. The van der Waals surface area contributed by atoms with Gasteiger partial charge in [0.1, 0.15) is 0 Å². The summed E-state index contributed by atoms with van der Waals surface area (Å²) in [6, 6.07) is 5.59. The van der Waals surface area contributed by atoms with Crippen LogP contribution in [0.15, 0.2) is 27.6 Å². The van der Waals surface area contributed by atoms with Gasteiger partial charge in [0.2, 0.25) is 0 Å². The number of halogens is 1. The summed E-state index contributed by atoms with van der Waals surface area (Å²) in [4.78, 5) is 12.2. The summed E-state index contributed by atoms with van der Waals surface area (Å²) in [5, 5.41) is 8.65. The fraction of sp³-hybridized carbons (Fsp3) is 0.300. The van der Waals surface area contributed by atoms with Crippen molar-refractivity contribution in [1.82, 2.24) is 0 Å². The highest BCUT2D eigenvalue weighted by Gasteiger charge is 2.05. The van der Waals surface area contributed by atoms with E-state index in [0.29, 0.717) is 11.3 Å². The Morgan fingerprint density at radius 1 is 1.57 bits per heavy atom. The Kier molecular flexibility index (Phi) is 4.65. The zero-order valence-electron chi connectivity index (χ0n) is 7.79. The first-order chi connectivity index (χ1) is 6.65. The number of hydrogen-bond acceptors (Lipinski definition) is 3. The van der Waals surface area contributed by atoms with Gasteiger partial charge >= 0.3 is 0 Å². The molecule has 0 saturated heterocycles. The summed E-state index contributed by atoms with van der Waals surface area (Å²) in [5.74, 6) is 0.724. The standard InChI is InChI=1S/C10H11BrO2S/c1-7(13)9-3-2-8(6-10(9)11)14-5-4-12/h2-3,6,12H,4-5H2,1H3. The number of carbonyl (C=O) groups excluding carboxylic acids is 1. The number of rotatable bonds is 4. The average Bonchev–Trinajstić information content (AvgIpc) is 2.14. The number of thioether (sulfide) groups is 1. The molecule has 0 unspecified atom stereocenters. The van der Waals surface area contributed by atoms with Gasteiger partial charge in [-0.1, -0.05) is 15.9 Å². The Morgan fingerprint density at radius 3 is 2.79 bits per heavy atom. The second-order valence-electron chi connectivity index (χ2n) is 2.77. The Labute approximate surface area is 95.8 Å². The Balaban J connectivity index is 2.83. The highest BCUT2D eigenvalue weighted by Crippen LogP contribution is 2.25. The van der Waals surface area contributed by atoms with Crippen molar-refractivity contribution in [3.05, 3.63) is 28.2 Å². The molecule has 1 N–H and O–H groups in total. The molecule has 2 nitrogen and oxygen atoms in total. The van der Waals surface area contributed by atoms with E-state index in [0.717, 1.165) is 9.37 Å². The SMILES string of the molecule is CC(=O)c1ccc(SCCO)cc1Br. The summed E-state index contributed by atoms with van der Waals surface area (Å²) >= 11 is 4.91. The van der Waals surface area contributed by atoms with Gasteiger partial charge < -0.3 is 5.11 Å². The molecule has 0 aliphatic rings. The number of hydrogen-bond donors (Lipinski definition) is 1. The van der Waals surface area contributed by atoms with Gasteiger partial charge in [-0.25, -0.2) is 0 Å². The second-order valence-corrected chi connectivity index (χ2v) is 4.79. The molecule has 0 radical (unpaired) electrons. The molecular weight excluding hydrogens is 264 g/mol. The van der Waals surface area contributed by atoms with Crippen molar-refractivity contribution in [2.24, 2.45) is 0 Å². The smallest absolute Gasteiger partial charge is 0.160 e. The molecule has 0 aliphatic carbocycles. The lowest BCUT2D eigenvalue weighted by Gasteiger charge is -2.03. The molecule has 0 saturated carbocycles. The largest absolute Gasteiger partial charge is 0.396 e. The van der Waals surface area contributed by atoms with Gasteiger partial charge in [0, 0.05) is 20.7 Å². The van der Waals surface area contributed by atoms with Gasteiger partial charge in [0.25, 0.3) is 0 Å². The van der Waals surface area contributed by atoms with Crippen LogP contribution >= 0.6 is 27.7 Å². The zero-order valence-corrected chi connectivity index (χ0v) is 10.2. The minimum Gasteiger partial charge on any atom is -0.396 e. The predicted octanol–water partition coefficient (Wildman–Crippen LogP) is 2.74. The Hall–Kier alpha value is -0.320. The third-order valence-corrected chi connectivity index (χ3v) is 3.31. The molecular formula is C10H11BrO2S. The molecule has 0 aromatic heterocycles. The lowest BCUT2D eigenvalue weighted by molar-refractivity contribution is 0.101. The van der Waals surface area contributed by atoms with Crippen LogP contribution in [0.1, 0.15) is 17.3 Å². The zero-order chi connectivity index (χ0) is 10.6. The minimum atomic E-state index is 0.0515. The van der Waals surface area contributed by atoms with Crippen LogP contribution in [0.25, 0.3) is 0 Å². The maximum absolute atomic E-state index is 11.1. The van der Waals surface area contributed by atoms with Crippen LogP contribution in [0.4, 0.5) is 0 Å². The van der Waals surface area contributed by atoms with Crippen molar-refractivity contribution >= 4 is 33.5 Å². The van der Waals surface area contributed by atoms with Crippen LogP contribution in [-0.2, 0) is 0 Å². The fourth-order valence-electron chi connectivity index (χ4n) is 1.03.